The molecule has 5 nitrogen and oxygen atoms in total. The summed E-state index contributed by atoms with van der Waals surface area (Å²) in [7, 11) is 3.14. The molecule has 0 amide bonds. The molecule has 0 aromatic carbocycles. The van der Waals surface area contributed by atoms with Gasteiger partial charge in [0.2, 0.25) is 0 Å². The molecule has 1 saturated heterocycles. The zero-order valence-corrected chi connectivity index (χ0v) is 10.4. The maximum Gasteiger partial charge on any atom is 0.184 e. The average Bonchev–Trinajstić information content (AvgIpc) is 2.26. The first-order valence-electron chi connectivity index (χ1n) is 5.66. The number of rotatable bonds is 5. The summed E-state index contributed by atoms with van der Waals surface area (Å²) in [5, 5.41) is 9.74. The highest BCUT2D eigenvalue weighted by Gasteiger charge is 2.44. The Kier molecular flexibility index (Phi) is 5.64. The van der Waals surface area contributed by atoms with Gasteiger partial charge in [0.15, 0.2) is 6.29 Å². The van der Waals surface area contributed by atoms with Crippen molar-refractivity contribution in [3.63, 3.8) is 0 Å². The van der Waals surface area contributed by atoms with Crippen LogP contribution in [-0.4, -0.2) is 56.6 Å². The van der Waals surface area contributed by atoms with Crippen molar-refractivity contribution in [3.05, 3.63) is 0 Å². The molecule has 1 rings (SSSR count). The van der Waals surface area contributed by atoms with E-state index < -0.39 is 12.4 Å². The second kappa shape index (κ2) is 6.51. The molecule has 0 saturated carbocycles. The lowest BCUT2D eigenvalue weighted by Crippen LogP contribution is -2.59. The fourth-order valence-corrected chi connectivity index (χ4v) is 2.01. The monoisotopic (exact) mass is 234 g/mol. The van der Waals surface area contributed by atoms with E-state index in [1.807, 2.05) is 13.8 Å². The van der Waals surface area contributed by atoms with Crippen molar-refractivity contribution in [1.29, 1.82) is 0 Å². The second-order valence-corrected chi connectivity index (χ2v) is 3.97. The molecule has 0 radical (unpaired) electrons. The summed E-state index contributed by atoms with van der Waals surface area (Å²) in [6.45, 7) is 4.50. The summed E-state index contributed by atoms with van der Waals surface area (Å²) in [6, 6.07) is 0. The highest BCUT2D eigenvalue weighted by molar-refractivity contribution is 4.90. The Labute approximate surface area is 96.6 Å². The number of ether oxygens (including phenoxy) is 4. The van der Waals surface area contributed by atoms with E-state index in [-0.39, 0.29) is 18.3 Å². The van der Waals surface area contributed by atoms with Crippen LogP contribution in [0.5, 0.6) is 0 Å². The van der Waals surface area contributed by atoms with E-state index in [1.165, 1.54) is 7.11 Å². The van der Waals surface area contributed by atoms with Crippen LogP contribution < -0.4 is 0 Å². The fourth-order valence-electron chi connectivity index (χ4n) is 2.01. The number of hydrogen-bond acceptors (Lipinski definition) is 5. The molecule has 0 aromatic heterocycles. The number of hydrogen-bond donors (Lipinski definition) is 1. The van der Waals surface area contributed by atoms with Crippen LogP contribution in [0.25, 0.3) is 0 Å². The van der Waals surface area contributed by atoms with E-state index in [1.54, 1.807) is 7.11 Å². The van der Waals surface area contributed by atoms with Crippen molar-refractivity contribution in [2.75, 3.05) is 20.8 Å². The Bertz CT molecular complexity index is 183. The summed E-state index contributed by atoms with van der Waals surface area (Å²) < 4.78 is 21.6. The molecule has 96 valence electrons. The minimum Gasteiger partial charge on any atom is -0.376 e. The van der Waals surface area contributed by atoms with Crippen LogP contribution in [0.15, 0.2) is 0 Å². The van der Waals surface area contributed by atoms with E-state index in [4.69, 9.17) is 18.9 Å². The van der Waals surface area contributed by atoms with E-state index in [0.29, 0.717) is 6.61 Å². The summed E-state index contributed by atoms with van der Waals surface area (Å²) in [6.07, 6.45) is -1.29. The summed E-state index contributed by atoms with van der Waals surface area (Å²) in [5.41, 5.74) is 0. The molecule has 0 spiro atoms. The van der Waals surface area contributed by atoms with Gasteiger partial charge in [0.05, 0.1) is 6.10 Å². The van der Waals surface area contributed by atoms with Gasteiger partial charge >= 0.3 is 0 Å². The maximum absolute atomic E-state index is 9.74. The lowest BCUT2D eigenvalue weighted by atomic mass is 9.99. The second-order valence-electron chi connectivity index (χ2n) is 3.97. The third-order valence-corrected chi connectivity index (χ3v) is 2.80. The SMILES string of the molecule is CCCO[C@H]1[C@@H](OC)[C@H](O)O[C@@H](C)[C@H]1OC. The standard InChI is InChI=1S/C11H22O5/c1-5-6-15-9-8(13-3)7(2)16-11(12)10(9)14-4/h7-12H,5-6H2,1-4H3/t7-,8+,9+,10+,11+/m0/s1. The van der Waals surface area contributed by atoms with E-state index in [9.17, 15) is 5.11 Å². The molecule has 1 N–H and O–H groups in total. The van der Waals surface area contributed by atoms with Crippen molar-refractivity contribution in [2.24, 2.45) is 0 Å². The Morgan fingerprint density at radius 2 is 1.75 bits per heavy atom. The van der Waals surface area contributed by atoms with Crippen LogP contribution in [0.2, 0.25) is 0 Å². The molecule has 1 aliphatic rings. The first kappa shape index (κ1) is 13.9. The summed E-state index contributed by atoms with van der Waals surface area (Å²) in [5.74, 6) is 0. The Hall–Kier alpha value is -0.200. The van der Waals surface area contributed by atoms with Crippen molar-refractivity contribution < 1.29 is 24.1 Å². The predicted octanol–water partition coefficient (Wildman–Crippen LogP) is 0.549. The molecular formula is C11H22O5. The highest BCUT2D eigenvalue weighted by Crippen LogP contribution is 2.26. The molecule has 1 aliphatic heterocycles. The molecule has 5 atom stereocenters. The minimum atomic E-state index is -0.965. The van der Waals surface area contributed by atoms with Crippen LogP contribution >= 0.6 is 0 Å². The van der Waals surface area contributed by atoms with E-state index in [2.05, 4.69) is 0 Å². The van der Waals surface area contributed by atoms with Crippen molar-refractivity contribution in [3.8, 4) is 0 Å². The quantitative estimate of drug-likeness (QED) is 0.752. The zero-order chi connectivity index (χ0) is 12.1. The van der Waals surface area contributed by atoms with Gasteiger partial charge in [-0.1, -0.05) is 6.92 Å². The van der Waals surface area contributed by atoms with Crippen LogP contribution in [0.3, 0.4) is 0 Å². The van der Waals surface area contributed by atoms with Gasteiger partial charge in [-0.2, -0.15) is 0 Å². The van der Waals surface area contributed by atoms with Gasteiger partial charge in [0.25, 0.3) is 0 Å². The molecule has 0 unspecified atom stereocenters. The molecule has 16 heavy (non-hydrogen) atoms. The molecule has 0 aromatic rings. The third-order valence-electron chi connectivity index (χ3n) is 2.80. The van der Waals surface area contributed by atoms with Crippen molar-refractivity contribution in [1.82, 2.24) is 0 Å². The van der Waals surface area contributed by atoms with E-state index in [0.717, 1.165) is 6.42 Å². The number of aliphatic hydroxyl groups excluding tert-OH is 1. The molecule has 0 bridgehead atoms. The lowest BCUT2D eigenvalue weighted by Gasteiger charge is -2.42. The Morgan fingerprint density at radius 3 is 2.25 bits per heavy atom. The Morgan fingerprint density at radius 1 is 1.12 bits per heavy atom. The average molecular weight is 234 g/mol. The van der Waals surface area contributed by atoms with Gasteiger partial charge in [-0.3, -0.25) is 0 Å². The highest BCUT2D eigenvalue weighted by atomic mass is 16.7. The van der Waals surface area contributed by atoms with Gasteiger partial charge < -0.3 is 24.1 Å². The van der Waals surface area contributed by atoms with Gasteiger partial charge in [-0.05, 0) is 13.3 Å². The number of aliphatic hydroxyl groups is 1. The number of methoxy groups -OCH3 is 2. The zero-order valence-electron chi connectivity index (χ0n) is 10.4. The topological polar surface area (TPSA) is 57.2 Å². The van der Waals surface area contributed by atoms with Crippen molar-refractivity contribution >= 4 is 0 Å². The van der Waals surface area contributed by atoms with Crippen LogP contribution in [0.4, 0.5) is 0 Å². The molecule has 1 fully saturated rings. The van der Waals surface area contributed by atoms with Crippen LogP contribution in [0, 0.1) is 0 Å². The lowest BCUT2D eigenvalue weighted by molar-refractivity contribution is -0.295. The van der Waals surface area contributed by atoms with Gasteiger partial charge in [-0.15, -0.1) is 0 Å². The summed E-state index contributed by atoms with van der Waals surface area (Å²) >= 11 is 0. The van der Waals surface area contributed by atoms with Gasteiger partial charge in [0.1, 0.15) is 18.3 Å². The first-order valence-corrected chi connectivity index (χ1v) is 5.66. The minimum absolute atomic E-state index is 0.215. The van der Waals surface area contributed by atoms with Crippen LogP contribution in [0.1, 0.15) is 20.3 Å². The van der Waals surface area contributed by atoms with Gasteiger partial charge in [0, 0.05) is 20.8 Å². The van der Waals surface area contributed by atoms with Gasteiger partial charge in [-0.25, -0.2) is 0 Å². The predicted molar refractivity (Wildman–Crippen MR) is 58.2 cm³/mol. The van der Waals surface area contributed by atoms with E-state index >= 15 is 0 Å². The summed E-state index contributed by atoms with van der Waals surface area (Å²) in [4.78, 5) is 0. The molecule has 5 heteroatoms. The largest absolute Gasteiger partial charge is 0.376 e. The van der Waals surface area contributed by atoms with Crippen molar-refractivity contribution in [2.45, 2.75) is 51.0 Å². The molecule has 0 aliphatic carbocycles. The molecular weight excluding hydrogens is 212 g/mol. The normalized spacial score (nSPS) is 39.9. The Balaban J connectivity index is 2.72. The fraction of sp³-hybridized carbons (Fsp3) is 1.00. The maximum atomic E-state index is 9.74. The smallest absolute Gasteiger partial charge is 0.184 e. The molecule has 1 heterocycles. The third kappa shape index (κ3) is 2.93. The van der Waals surface area contributed by atoms with Crippen LogP contribution in [-0.2, 0) is 18.9 Å². The first-order chi connectivity index (χ1) is 7.65.